The van der Waals surface area contributed by atoms with Crippen molar-refractivity contribution in [1.29, 1.82) is 0 Å². The second-order valence-electron chi connectivity index (χ2n) is 8.70. The molecule has 3 atom stereocenters. The van der Waals surface area contributed by atoms with Crippen LogP contribution in [0.25, 0.3) is 0 Å². The molecule has 0 radical (unpaired) electrons. The number of carbonyl (C=O) groups excluding carboxylic acids is 1. The molecule has 1 aliphatic rings. The van der Waals surface area contributed by atoms with E-state index in [-0.39, 0.29) is 41.6 Å². The minimum atomic E-state index is -0.307. The zero-order chi connectivity index (χ0) is 24.2. The average molecular weight is 465 g/mol. The van der Waals surface area contributed by atoms with Crippen LogP contribution in [0.15, 0.2) is 54.7 Å². The number of aromatic nitrogens is 1. The molecule has 1 amide bonds. The first-order chi connectivity index (χ1) is 16.4. The van der Waals surface area contributed by atoms with Crippen LogP contribution in [-0.4, -0.2) is 30.2 Å². The molecule has 0 spiro atoms. The van der Waals surface area contributed by atoms with E-state index in [0.717, 1.165) is 22.4 Å². The molecule has 178 valence electrons. The van der Waals surface area contributed by atoms with E-state index >= 15 is 0 Å². The van der Waals surface area contributed by atoms with Crippen molar-refractivity contribution >= 4 is 5.91 Å². The maximum atomic E-state index is 14.2. The van der Waals surface area contributed by atoms with Gasteiger partial charge in [-0.25, -0.2) is 4.39 Å². The smallest absolute Gasteiger partial charge is 0.220 e. The number of aromatic hydroxyl groups is 1. The van der Waals surface area contributed by atoms with Crippen LogP contribution in [-0.2, 0) is 17.8 Å². The molecule has 1 heterocycles. The number of methoxy groups -OCH3 is 2. The Morgan fingerprint density at radius 1 is 1.06 bits per heavy atom. The molecule has 3 unspecified atom stereocenters. The molecular formula is C27H29FN2O4. The molecule has 0 bridgehead atoms. The molecule has 7 heteroatoms. The van der Waals surface area contributed by atoms with Gasteiger partial charge in [-0.15, -0.1) is 0 Å². The fraction of sp³-hybridized carbons (Fsp3) is 0.333. The first kappa shape index (κ1) is 23.5. The molecule has 6 nitrogen and oxygen atoms in total. The maximum Gasteiger partial charge on any atom is 0.220 e. The molecule has 0 saturated heterocycles. The second kappa shape index (κ2) is 10.1. The third-order valence-electron chi connectivity index (χ3n) is 6.71. The fourth-order valence-electron chi connectivity index (χ4n) is 4.93. The van der Waals surface area contributed by atoms with Gasteiger partial charge < -0.3 is 19.9 Å². The summed E-state index contributed by atoms with van der Waals surface area (Å²) in [6.45, 7) is 2.46. The summed E-state index contributed by atoms with van der Waals surface area (Å²) >= 11 is 0. The summed E-state index contributed by atoms with van der Waals surface area (Å²) in [6.07, 6.45) is 2.60. The lowest BCUT2D eigenvalue weighted by molar-refractivity contribution is -0.121. The molecule has 1 aromatic heterocycles. The zero-order valence-corrected chi connectivity index (χ0v) is 19.5. The Bertz CT molecular complexity index is 1140. The van der Waals surface area contributed by atoms with Gasteiger partial charge in [0.1, 0.15) is 5.82 Å². The molecule has 0 saturated carbocycles. The van der Waals surface area contributed by atoms with Gasteiger partial charge in [0, 0.05) is 12.6 Å². The van der Waals surface area contributed by atoms with Crippen molar-refractivity contribution in [2.24, 2.45) is 5.92 Å². The minimum Gasteiger partial charge on any atom is -0.502 e. The molecule has 34 heavy (non-hydrogen) atoms. The van der Waals surface area contributed by atoms with Gasteiger partial charge in [0.05, 0.1) is 26.5 Å². The van der Waals surface area contributed by atoms with E-state index < -0.39 is 0 Å². The van der Waals surface area contributed by atoms with Crippen LogP contribution in [0.5, 0.6) is 17.2 Å². The monoisotopic (exact) mass is 464 g/mol. The lowest BCUT2D eigenvalue weighted by Crippen LogP contribution is -2.26. The van der Waals surface area contributed by atoms with Crippen LogP contribution in [0.3, 0.4) is 0 Å². The van der Waals surface area contributed by atoms with E-state index in [1.807, 2.05) is 24.3 Å². The lowest BCUT2D eigenvalue weighted by Gasteiger charge is -2.22. The van der Waals surface area contributed by atoms with Gasteiger partial charge in [0.2, 0.25) is 11.7 Å². The highest BCUT2D eigenvalue weighted by Gasteiger charge is 2.39. The number of amides is 1. The summed E-state index contributed by atoms with van der Waals surface area (Å²) in [6, 6.07) is 14.0. The Labute approximate surface area is 198 Å². The highest BCUT2D eigenvalue weighted by Crippen LogP contribution is 2.50. The summed E-state index contributed by atoms with van der Waals surface area (Å²) in [4.78, 5) is 17.0. The third-order valence-corrected chi connectivity index (χ3v) is 6.71. The molecule has 0 fully saturated rings. The number of hydrogen-bond acceptors (Lipinski definition) is 5. The Kier molecular flexibility index (Phi) is 7.01. The van der Waals surface area contributed by atoms with Gasteiger partial charge in [-0.1, -0.05) is 19.1 Å². The van der Waals surface area contributed by atoms with Crippen LogP contribution in [0, 0.1) is 11.7 Å². The van der Waals surface area contributed by atoms with Crippen molar-refractivity contribution in [1.82, 2.24) is 10.3 Å². The van der Waals surface area contributed by atoms with Gasteiger partial charge in [-0.3, -0.25) is 9.78 Å². The number of benzene rings is 2. The van der Waals surface area contributed by atoms with Crippen molar-refractivity contribution in [3.8, 4) is 17.2 Å². The summed E-state index contributed by atoms with van der Waals surface area (Å²) in [5.74, 6) is 0.296. The summed E-state index contributed by atoms with van der Waals surface area (Å²) in [5, 5.41) is 13.2. The maximum absolute atomic E-state index is 14.2. The van der Waals surface area contributed by atoms with Crippen LogP contribution >= 0.6 is 0 Å². The van der Waals surface area contributed by atoms with E-state index in [1.54, 1.807) is 24.4 Å². The molecular weight excluding hydrogens is 435 g/mol. The number of pyridine rings is 1. The molecule has 0 aliphatic heterocycles. The number of halogens is 1. The predicted octanol–water partition coefficient (Wildman–Crippen LogP) is 4.71. The van der Waals surface area contributed by atoms with E-state index in [1.165, 1.54) is 20.3 Å². The zero-order valence-electron chi connectivity index (χ0n) is 19.5. The van der Waals surface area contributed by atoms with Gasteiger partial charge in [0.15, 0.2) is 11.5 Å². The number of nitrogens with zero attached hydrogens (tertiary/aromatic N) is 1. The molecule has 3 aromatic rings. The second-order valence-corrected chi connectivity index (χ2v) is 8.70. The Morgan fingerprint density at radius 2 is 1.79 bits per heavy atom. The number of hydrogen-bond donors (Lipinski definition) is 2. The summed E-state index contributed by atoms with van der Waals surface area (Å²) < 4.78 is 24.8. The Balaban J connectivity index is 1.56. The van der Waals surface area contributed by atoms with Crippen LogP contribution in [0.2, 0.25) is 0 Å². The quantitative estimate of drug-likeness (QED) is 0.505. The number of nitrogens with one attached hydrogen (secondary N) is 1. The topological polar surface area (TPSA) is 80.7 Å². The van der Waals surface area contributed by atoms with Crippen molar-refractivity contribution in [3.05, 3.63) is 82.9 Å². The molecule has 2 N–H and O–H groups in total. The first-order valence-electron chi connectivity index (χ1n) is 11.3. The highest BCUT2D eigenvalue weighted by atomic mass is 19.1. The Morgan fingerprint density at radius 3 is 2.44 bits per heavy atom. The van der Waals surface area contributed by atoms with Crippen molar-refractivity contribution < 1.29 is 23.8 Å². The number of ether oxygens (including phenoxy) is 2. The minimum absolute atomic E-state index is 0.0434. The van der Waals surface area contributed by atoms with Gasteiger partial charge in [0.25, 0.3) is 0 Å². The fourth-order valence-corrected chi connectivity index (χ4v) is 4.93. The number of rotatable bonds is 8. The van der Waals surface area contributed by atoms with Gasteiger partial charge in [-0.05, 0) is 77.3 Å². The van der Waals surface area contributed by atoms with E-state index in [9.17, 15) is 14.3 Å². The number of phenols is 1. The lowest BCUT2D eigenvalue weighted by atomic mass is 9.83. The Hall–Kier alpha value is -3.61. The molecule has 2 aromatic carbocycles. The third kappa shape index (κ3) is 4.83. The first-order valence-corrected chi connectivity index (χ1v) is 11.3. The number of fused-ring (bicyclic) bond motifs is 1. The van der Waals surface area contributed by atoms with E-state index in [0.29, 0.717) is 24.5 Å². The van der Waals surface area contributed by atoms with Crippen LogP contribution in [0.4, 0.5) is 4.39 Å². The standard InChI is InChI=1S/C27H29FN2O4/c1-16-21(10-17-11-24(33-2)27(32)25(12-17)34-3)20-8-7-18(28)13-23(20)22(16)14-26(31)30-15-19-6-4-5-9-29-19/h4-9,11-13,16,21-22,32H,10,14-15H2,1-3H3,(H,30,31). The van der Waals surface area contributed by atoms with E-state index in [2.05, 4.69) is 17.2 Å². The largest absolute Gasteiger partial charge is 0.502 e. The number of carbonyl (C=O) groups is 1. The normalized spacial score (nSPS) is 18.9. The van der Waals surface area contributed by atoms with Crippen molar-refractivity contribution in [2.45, 2.75) is 38.1 Å². The SMILES string of the molecule is COc1cc(CC2c3ccc(F)cc3C(CC(=O)NCc3ccccn3)C2C)cc(OC)c1O. The molecule has 1 aliphatic carbocycles. The van der Waals surface area contributed by atoms with Crippen molar-refractivity contribution in [3.63, 3.8) is 0 Å². The van der Waals surface area contributed by atoms with Gasteiger partial charge in [-0.2, -0.15) is 0 Å². The predicted molar refractivity (Wildman–Crippen MR) is 127 cm³/mol. The number of phenolic OH excluding ortho intramolecular Hbond substituents is 1. The summed E-state index contributed by atoms with van der Waals surface area (Å²) in [7, 11) is 2.99. The van der Waals surface area contributed by atoms with E-state index in [4.69, 9.17) is 9.47 Å². The van der Waals surface area contributed by atoms with Crippen LogP contribution in [0.1, 0.15) is 47.6 Å². The van der Waals surface area contributed by atoms with Crippen LogP contribution < -0.4 is 14.8 Å². The highest BCUT2D eigenvalue weighted by molar-refractivity contribution is 5.77. The average Bonchev–Trinajstić information content (AvgIpc) is 3.09. The van der Waals surface area contributed by atoms with Gasteiger partial charge >= 0.3 is 0 Å². The van der Waals surface area contributed by atoms with Crippen molar-refractivity contribution in [2.75, 3.05) is 14.2 Å². The summed E-state index contributed by atoms with van der Waals surface area (Å²) in [5.41, 5.74) is 3.64. The molecule has 4 rings (SSSR count).